The van der Waals surface area contributed by atoms with Gasteiger partial charge in [0.25, 0.3) is 10.0 Å². The van der Waals surface area contributed by atoms with Gasteiger partial charge in [-0.3, -0.25) is 0 Å². The summed E-state index contributed by atoms with van der Waals surface area (Å²) in [5, 5.41) is 3.23. The molecule has 0 atom stereocenters. The molecular weight excluding hydrogens is 292 g/mol. The highest BCUT2D eigenvalue weighted by Crippen LogP contribution is 2.25. The molecule has 20 heavy (non-hydrogen) atoms. The molecule has 0 aromatic carbocycles. The number of nitrogens with one attached hydrogen (secondary N) is 1. The molecule has 4 nitrogen and oxygen atoms in total. The largest absolute Gasteiger partial charge is 0.317 e. The lowest BCUT2D eigenvalue weighted by atomic mass is 10.3. The van der Waals surface area contributed by atoms with Gasteiger partial charge >= 0.3 is 0 Å². The summed E-state index contributed by atoms with van der Waals surface area (Å²) in [6.45, 7) is 11.6. The van der Waals surface area contributed by atoms with Crippen molar-refractivity contribution in [2.24, 2.45) is 0 Å². The van der Waals surface area contributed by atoms with Crippen LogP contribution in [0.1, 0.15) is 11.8 Å². The highest BCUT2D eigenvalue weighted by atomic mass is 32.2. The van der Waals surface area contributed by atoms with E-state index in [4.69, 9.17) is 0 Å². The molecule has 0 saturated heterocycles. The Morgan fingerprint density at radius 2 is 1.95 bits per heavy atom. The van der Waals surface area contributed by atoms with Crippen molar-refractivity contribution in [1.29, 1.82) is 0 Å². The minimum absolute atomic E-state index is 0.291. The van der Waals surface area contributed by atoms with Crippen molar-refractivity contribution in [3.05, 3.63) is 42.3 Å². The average Bonchev–Trinajstić information content (AvgIpc) is 2.88. The third kappa shape index (κ3) is 4.56. The first-order chi connectivity index (χ1) is 9.56. The first kappa shape index (κ1) is 17.1. The van der Waals surface area contributed by atoms with Crippen molar-refractivity contribution < 1.29 is 8.42 Å². The van der Waals surface area contributed by atoms with Crippen molar-refractivity contribution in [2.45, 2.75) is 17.6 Å². The summed E-state index contributed by atoms with van der Waals surface area (Å²) >= 11 is 1.33. The van der Waals surface area contributed by atoms with E-state index < -0.39 is 10.0 Å². The molecule has 0 fully saturated rings. The smallest absolute Gasteiger partial charge is 0.253 e. The molecule has 0 radical (unpaired) electrons. The van der Waals surface area contributed by atoms with Crippen LogP contribution in [0, 0.1) is 0 Å². The van der Waals surface area contributed by atoms with Gasteiger partial charge < -0.3 is 5.32 Å². The van der Waals surface area contributed by atoms with E-state index in [1.165, 1.54) is 15.6 Å². The molecule has 1 aromatic heterocycles. The van der Waals surface area contributed by atoms with Crippen molar-refractivity contribution in [1.82, 2.24) is 9.62 Å². The lowest BCUT2D eigenvalue weighted by Crippen LogP contribution is -2.30. The summed E-state index contributed by atoms with van der Waals surface area (Å²) in [5.41, 5.74) is 0. The zero-order chi connectivity index (χ0) is 15.0. The van der Waals surface area contributed by atoms with E-state index >= 15 is 0 Å². The second-order valence-electron chi connectivity index (χ2n) is 4.22. The maximum absolute atomic E-state index is 12.5. The number of rotatable bonds is 10. The highest BCUT2D eigenvalue weighted by Gasteiger charge is 2.24. The Morgan fingerprint density at radius 1 is 1.30 bits per heavy atom. The fourth-order valence-corrected chi connectivity index (χ4v) is 4.60. The Balaban J connectivity index is 2.85. The molecule has 1 heterocycles. The SMILES string of the molecule is C=CCN(CC=C)S(=O)(=O)c1ccc(CCNCC)s1. The van der Waals surface area contributed by atoms with Gasteiger partial charge in [0, 0.05) is 18.0 Å². The normalized spacial score (nSPS) is 11.7. The Hall–Kier alpha value is -0.950. The molecule has 1 rings (SSSR count). The fraction of sp³-hybridized carbons (Fsp3) is 0.429. The summed E-state index contributed by atoms with van der Waals surface area (Å²) < 4.78 is 26.7. The number of hydrogen-bond acceptors (Lipinski definition) is 4. The van der Waals surface area contributed by atoms with Gasteiger partial charge in [-0.25, -0.2) is 8.42 Å². The van der Waals surface area contributed by atoms with Crippen LogP contribution in [-0.4, -0.2) is 38.9 Å². The predicted molar refractivity (Wildman–Crippen MR) is 85.7 cm³/mol. The zero-order valence-corrected chi connectivity index (χ0v) is 13.5. The van der Waals surface area contributed by atoms with Gasteiger partial charge in [0.2, 0.25) is 0 Å². The molecular formula is C14H22N2O2S2. The van der Waals surface area contributed by atoms with Crippen molar-refractivity contribution in [3.8, 4) is 0 Å². The lowest BCUT2D eigenvalue weighted by molar-refractivity contribution is 0.476. The van der Waals surface area contributed by atoms with E-state index in [0.29, 0.717) is 17.3 Å². The number of likely N-dealkylation sites (N-methyl/N-ethyl adjacent to an activating group) is 1. The Labute approximate surface area is 125 Å². The Morgan fingerprint density at radius 3 is 2.50 bits per heavy atom. The summed E-state index contributed by atoms with van der Waals surface area (Å²) in [4.78, 5) is 1.07. The van der Waals surface area contributed by atoms with Crippen LogP contribution in [0.5, 0.6) is 0 Å². The van der Waals surface area contributed by atoms with Crippen molar-refractivity contribution in [2.75, 3.05) is 26.2 Å². The zero-order valence-electron chi connectivity index (χ0n) is 11.8. The molecule has 0 aliphatic rings. The van der Waals surface area contributed by atoms with Gasteiger partial charge in [0.15, 0.2) is 0 Å². The van der Waals surface area contributed by atoms with Crippen LogP contribution in [-0.2, 0) is 16.4 Å². The van der Waals surface area contributed by atoms with E-state index in [2.05, 4.69) is 18.5 Å². The monoisotopic (exact) mass is 314 g/mol. The fourth-order valence-electron chi connectivity index (χ4n) is 1.71. The maximum atomic E-state index is 12.5. The molecule has 6 heteroatoms. The second-order valence-corrected chi connectivity index (χ2v) is 7.56. The van der Waals surface area contributed by atoms with E-state index in [1.54, 1.807) is 18.2 Å². The Kier molecular flexibility index (Phi) is 7.15. The first-order valence-corrected chi connectivity index (χ1v) is 8.83. The van der Waals surface area contributed by atoms with Gasteiger partial charge in [-0.15, -0.1) is 24.5 Å². The van der Waals surface area contributed by atoms with Gasteiger partial charge in [-0.1, -0.05) is 19.1 Å². The highest BCUT2D eigenvalue weighted by molar-refractivity contribution is 7.91. The number of thiophene rings is 1. The molecule has 0 unspecified atom stereocenters. The molecule has 112 valence electrons. The van der Waals surface area contributed by atoms with Crippen LogP contribution in [0.15, 0.2) is 41.7 Å². The molecule has 0 amide bonds. The summed E-state index contributed by atoms with van der Waals surface area (Å²) in [5.74, 6) is 0. The third-order valence-corrected chi connectivity index (χ3v) is 6.14. The van der Waals surface area contributed by atoms with Gasteiger partial charge in [0.1, 0.15) is 4.21 Å². The van der Waals surface area contributed by atoms with Crippen LogP contribution < -0.4 is 5.32 Å². The van der Waals surface area contributed by atoms with Crippen molar-refractivity contribution >= 4 is 21.4 Å². The maximum Gasteiger partial charge on any atom is 0.253 e. The standard InChI is InChI=1S/C14H22N2O2S2/c1-4-11-16(12-5-2)20(17,18)14-8-7-13(19-14)9-10-15-6-3/h4-5,7-8,15H,1-2,6,9-12H2,3H3. The van der Waals surface area contributed by atoms with Gasteiger partial charge in [-0.05, 0) is 31.6 Å². The van der Waals surface area contributed by atoms with Crippen LogP contribution in [0.3, 0.4) is 0 Å². The van der Waals surface area contributed by atoms with Crippen LogP contribution >= 0.6 is 11.3 Å². The molecule has 1 N–H and O–H groups in total. The topological polar surface area (TPSA) is 49.4 Å². The van der Waals surface area contributed by atoms with Gasteiger partial charge in [0.05, 0.1) is 0 Å². The second kappa shape index (κ2) is 8.36. The van der Waals surface area contributed by atoms with Crippen molar-refractivity contribution in [3.63, 3.8) is 0 Å². The number of hydrogen-bond donors (Lipinski definition) is 1. The molecule has 0 aliphatic heterocycles. The third-order valence-electron chi connectivity index (χ3n) is 2.69. The molecule has 0 bridgehead atoms. The van der Waals surface area contributed by atoms with Crippen LogP contribution in [0.2, 0.25) is 0 Å². The average molecular weight is 314 g/mol. The van der Waals surface area contributed by atoms with E-state index in [0.717, 1.165) is 24.4 Å². The lowest BCUT2D eigenvalue weighted by Gasteiger charge is -2.17. The Bertz CT molecular complexity index is 525. The minimum Gasteiger partial charge on any atom is -0.317 e. The molecule has 0 saturated carbocycles. The van der Waals surface area contributed by atoms with Gasteiger partial charge in [-0.2, -0.15) is 4.31 Å². The van der Waals surface area contributed by atoms with Crippen LogP contribution in [0.4, 0.5) is 0 Å². The number of nitrogens with zero attached hydrogens (tertiary/aromatic N) is 1. The molecule has 1 aromatic rings. The van der Waals surface area contributed by atoms with E-state index in [-0.39, 0.29) is 0 Å². The molecule has 0 aliphatic carbocycles. The quantitative estimate of drug-likeness (QED) is 0.532. The minimum atomic E-state index is -3.45. The van der Waals surface area contributed by atoms with E-state index in [1.807, 2.05) is 13.0 Å². The summed E-state index contributed by atoms with van der Waals surface area (Å²) in [6, 6.07) is 3.56. The van der Waals surface area contributed by atoms with Crippen LogP contribution in [0.25, 0.3) is 0 Å². The summed E-state index contributed by atoms with van der Waals surface area (Å²) in [6.07, 6.45) is 4.01. The summed E-state index contributed by atoms with van der Waals surface area (Å²) in [7, 11) is -3.45. The predicted octanol–water partition coefficient (Wildman–Crippen LogP) is 2.26. The molecule has 0 spiro atoms. The first-order valence-electron chi connectivity index (χ1n) is 6.57. The number of sulfonamides is 1. The van der Waals surface area contributed by atoms with E-state index in [9.17, 15) is 8.42 Å².